The van der Waals surface area contributed by atoms with Crippen molar-refractivity contribution < 1.29 is 9.59 Å². The zero-order valence-corrected chi connectivity index (χ0v) is 17.0. The highest BCUT2D eigenvalue weighted by Crippen LogP contribution is 2.40. The first-order valence-corrected chi connectivity index (χ1v) is 10.5. The molecular formula is C22H29N5O2. The number of piperidine rings is 2. The number of nitrogens with zero attached hydrogens (tertiary/aromatic N) is 5. The molecule has 2 amide bonds. The number of imidazole rings is 1. The molecule has 7 heteroatoms. The number of amides is 2. The number of likely N-dealkylation sites (tertiary alicyclic amines) is 2. The molecule has 2 fully saturated rings. The number of carbonyl (C=O) groups excluding carboxylic acids is 2. The van der Waals surface area contributed by atoms with Crippen molar-refractivity contribution in [2.24, 2.45) is 5.41 Å². The third-order valence-electron chi connectivity index (χ3n) is 6.55. The van der Waals surface area contributed by atoms with Crippen LogP contribution in [0.5, 0.6) is 0 Å². The Morgan fingerprint density at radius 2 is 1.90 bits per heavy atom. The van der Waals surface area contributed by atoms with Gasteiger partial charge < -0.3 is 14.4 Å². The molecule has 2 aromatic heterocycles. The third-order valence-corrected chi connectivity index (χ3v) is 6.55. The van der Waals surface area contributed by atoms with E-state index in [-0.39, 0.29) is 23.3 Å². The highest BCUT2D eigenvalue weighted by atomic mass is 16.2. The van der Waals surface area contributed by atoms with Crippen molar-refractivity contribution in [3.63, 3.8) is 0 Å². The zero-order valence-electron chi connectivity index (χ0n) is 17.0. The summed E-state index contributed by atoms with van der Waals surface area (Å²) >= 11 is 0. The van der Waals surface area contributed by atoms with Gasteiger partial charge in [-0.15, -0.1) is 0 Å². The summed E-state index contributed by atoms with van der Waals surface area (Å²) in [5.41, 5.74) is 1.26. The lowest BCUT2D eigenvalue weighted by molar-refractivity contribution is -0.143. The van der Waals surface area contributed by atoms with E-state index in [9.17, 15) is 9.59 Å². The van der Waals surface area contributed by atoms with Crippen LogP contribution in [-0.2, 0) is 16.1 Å². The fourth-order valence-electron chi connectivity index (χ4n) is 4.61. The lowest BCUT2D eigenvalue weighted by Crippen LogP contribution is -2.52. The van der Waals surface area contributed by atoms with Gasteiger partial charge in [-0.05, 0) is 49.3 Å². The van der Waals surface area contributed by atoms with E-state index in [0.717, 1.165) is 44.5 Å². The molecule has 29 heavy (non-hydrogen) atoms. The van der Waals surface area contributed by atoms with Crippen LogP contribution in [0.1, 0.15) is 50.6 Å². The molecule has 0 saturated carbocycles. The Morgan fingerprint density at radius 1 is 1.14 bits per heavy atom. The van der Waals surface area contributed by atoms with Crippen LogP contribution in [0.25, 0.3) is 0 Å². The minimum Gasteiger partial charge on any atom is -0.343 e. The van der Waals surface area contributed by atoms with Gasteiger partial charge in [0.2, 0.25) is 11.8 Å². The number of hydrogen-bond acceptors (Lipinski definition) is 4. The molecule has 0 aliphatic carbocycles. The summed E-state index contributed by atoms with van der Waals surface area (Å²) in [7, 11) is 0. The molecule has 0 radical (unpaired) electrons. The van der Waals surface area contributed by atoms with Gasteiger partial charge in [-0.25, -0.2) is 4.98 Å². The van der Waals surface area contributed by atoms with Gasteiger partial charge in [0.25, 0.3) is 0 Å². The molecule has 7 nitrogen and oxygen atoms in total. The third kappa shape index (κ3) is 4.49. The van der Waals surface area contributed by atoms with Crippen molar-refractivity contribution in [3.05, 3.63) is 48.8 Å². The first-order valence-electron chi connectivity index (χ1n) is 10.5. The smallest absolute Gasteiger partial charge is 0.224 e. The summed E-state index contributed by atoms with van der Waals surface area (Å²) < 4.78 is 1.98. The van der Waals surface area contributed by atoms with Crippen LogP contribution in [0.3, 0.4) is 0 Å². The molecule has 0 aromatic carbocycles. The Kier molecular flexibility index (Phi) is 5.65. The van der Waals surface area contributed by atoms with Crippen molar-refractivity contribution >= 4 is 11.8 Å². The van der Waals surface area contributed by atoms with E-state index in [4.69, 9.17) is 0 Å². The van der Waals surface area contributed by atoms with Gasteiger partial charge in [0.15, 0.2) is 0 Å². The second-order valence-electron chi connectivity index (χ2n) is 8.55. The Labute approximate surface area is 171 Å². The average Bonchev–Trinajstić information content (AvgIpc) is 3.27. The minimum absolute atomic E-state index is 0.115. The van der Waals surface area contributed by atoms with Gasteiger partial charge in [0, 0.05) is 69.8 Å². The average molecular weight is 396 g/mol. The molecular weight excluding hydrogens is 366 g/mol. The van der Waals surface area contributed by atoms with Gasteiger partial charge in [0.1, 0.15) is 0 Å². The Balaban J connectivity index is 1.33. The fourth-order valence-corrected chi connectivity index (χ4v) is 4.61. The number of rotatable bonds is 5. The molecule has 4 rings (SSSR count). The lowest BCUT2D eigenvalue weighted by Gasteiger charge is -2.47. The highest BCUT2D eigenvalue weighted by molar-refractivity contribution is 5.78. The number of aromatic nitrogens is 3. The van der Waals surface area contributed by atoms with Gasteiger partial charge in [-0.2, -0.15) is 0 Å². The fraction of sp³-hybridized carbons (Fsp3) is 0.545. The molecule has 0 N–H and O–H groups in total. The minimum atomic E-state index is 0.115. The van der Waals surface area contributed by atoms with E-state index in [1.807, 2.05) is 32.7 Å². The van der Waals surface area contributed by atoms with E-state index in [1.165, 1.54) is 0 Å². The standard InChI is InChI=1S/C22H29N5O2/c1-18(26-13-10-24-17-26)14-21(29)25-11-6-22(7-12-25)5-2-20(28)27(16-22)15-19-3-8-23-9-4-19/h3-4,8-10,13,17-18H,2,5-7,11-12,14-16H2,1H3/t18-/m1/s1. The second kappa shape index (κ2) is 8.35. The molecule has 4 heterocycles. The van der Waals surface area contributed by atoms with E-state index < -0.39 is 0 Å². The van der Waals surface area contributed by atoms with Gasteiger partial charge in [0.05, 0.1) is 6.33 Å². The summed E-state index contributed by atoms with van der Waals surface area (Å²) in [6, 6.07) is 4.05. The molecule has 2 saturated heterocycles. The maximum Gasteiger partial charge on any atom is 0.224 e. The molecule has 0 bridgehead atoms. The van der Waals surface area contributed by atoms with Crippen molar-refractivity contribution in [2.75, 3.05) is 19.6 Å². The summed E-state index contributed by atoms with van der Waals surface area (Å²) in [6.45, 7) is 5.06. The zero-order chi connectivity index (χ0) is 20.3. The van der Waals surface area contributed by atoms with Crippen LogP contribution in [-0.4, -0.2) is 55.8 Å². The Morgan fingerprint density at radius 3 is 2.59 bits per heavy atom. The largest absolute Gasteiger partial charge is 0.343 e. The number of pyridine rings is 1. The topological polar surface area (TPSA) is 71.3 Å². The molecule has 154 valence electrons. The SMILES string of the molecule is C[C@H](CC(=O)N1CCC2(CCC(=O)N(Cc3ccncc3)C2)CC1)n1ccnc1. The van der Waals surface area contributed by atoms with Crippen LogP contribution in [0.2, 0.25) is 0 Å². The number of hydrogen-bond donors (Lipinski definition) is 0. The van der Waals surface area contributed by atoms with Crippen LogP contribution in [0.4, 0.5) is 0 Å². The quantitative estimate of drug-likeness (QED) is 0.780. The predicted molar refractivity (Wildman–Crippen MR) is 109 cm³/mol. The maximum absolute atomic E-state index is 12.8. The van der Waals surface area contributed by atoms with Crippen LogP contribution < -0.4 is 0 Å². The van der Waals surface area contributed by atoms with Crippen LogP contribution in [0.15, 0.2) is 43.2 Å². The van der Waals surface area contributed by atoms with E-state index in [2.05, 4.69) is 16.9 Å². The van der Waals surface area contributed by atoms with Crippen LogP contribution >= 0.6 is 0 Å². The number of carbonyl (C=O) groups is 2. The van der Waals surface area contributed by atoms with Crippen molar-refractivity contribution in [1.82, 2.24) is 24.3 Å². The molecule has 2 aliphatic rings. The molecule has 1 spiro atoms. The first kappa shape index (κ1) is 19.6. The Hall–Kier alpha value is -2.70. The Bertz CT molecular complexity index is 828. The second-order valence-corrected chi connectivity index (χ2v) is 8.55. The normalized spacial score (nSPS) is 20.1. The van der Waals surface area contributed by atoms with Crippen molar-refractivity contribution in [2.45, 2.75) is 51.6 Å². The highest BCUT2D eigenvalue weighted by Gasteiger charge is 2.41. The lowest BCUT2D eigenvalue weighted by atomic mass is 9.72. The van der Waals surface area contributed by atoms with E-state index >= 15 is 0 Å². The monoisotopic (exact) mass is 395 g/mol. The summed E-state index contributed by atoms with van der Waals surface area (Å²) in [4.78, 5) is 37.3. The van der Waals surface area contributed by atoms with E-state index in [1.54, 1.807) is 24.9 Å². The summed E-state index contributed by atoms with van der Waals surface area (Å²) in [5.74, 6) is 0.446. The molecule has 1 atom stereocenters. The predicted octanol–water partition coefficient (Wildman–Crippen LogP) is 2.66. The molecule has 2 aromatic rings. The van der Waals surface area contributed by atoms with Gasteiger partial charge in [-0.3, -0.25) is 14.6 Å². The maximum atomic E-state index is 12.8. The summed E-state index contributed by atoms with van der Waals surface area (Å²) in [5, 5.41) is 0. The summed E-state index contributed by atoms with van der Waals surface area (Å²) in [6.07, 6.45) is 12.9. The van der Waals surface area contributed by atoms with Gasteiger partial charge in [-0.1, -0.05) is 0 Å². The first-order chi connectivity index (χ1) is 14.0. The van der Waals surface area contributed by atoms with Crippen molar-refractivity contribution in [1.29, 1.82) is 0 Å². The van der Waals surface area contributed by atoms with Gasteiger partial charge >= 0.3 is 0 Å². The van der Waals surface area contributed by atoms with E-state index in [0.29, 0.717) is 19.4 Å². The van der Waals surface area contributed by atoms with Crippen LogP contribution in [0, 0.1) is 5.41 Å². The molecule has 0 unspecified atom stereocenters. The van der Waals surface area contributed by atoms with Crippen molar-refractivity contribution in [3.8, 4) is 0 Å². The molecule has 2 aliphatic heterocycles.